The second kappa shape index (κ2) is 6.97. The third-order valence-electron chi connectivity index (χ3n) is 2.80. The summed E-state index contributed by atoms with van der Waals surface area (Å²) in [5.74, 6) is 0. The van der Waals surface area contributed by atoms with Gasteiger partial charge in [-0.1, -0.05) is 11.6 Å². The first-order valence-corrected chi connectivity index (χ1v) is 7.31. The van der Waals surface area contributed by atoms with Crippen molar-refractivity contribution in [2.45, 2.75) is 25.4 Å². The van der Waals surface area contributed by atoms with Crippen molar-refractivity contribution in [1.29, 1.82) is 0 Å². The van der Waals surface area contributed by atoms with Gasteiger partial charge < -0.3 is 15.4 Å². The Bertz CT molecular complexity index is 391. The molecule has 6 heteroatoms. The van der Waals surface area contributed by atoms with Crippen molar-refractivity contribution in [3.63, 3.8) is 0 Å². The predicted octanol–water partition coefficient (Wildman–Crippen LogP) is 2.42. The fourth-order valence-corrected chi connectivity index (χ4v) is 2.95. The van der Waals surface area contributed by atoms with Crippen LogP contribution in [0.3, 0.4) is 0 Å². The SMILES string of the molecule is O=C(NCCc1ccc(Cl)s1)NCC1CCCO1. The van der Waals surface area contributed by atoms with Gasteiger partial charge in [-0.05, 0) is 31.4 Å². The number of nitrogens with one attached hydrogen (secondary N) is 2. The molecule has 1 aromatic rings. The van der Waals surface area contributed by atoms with Crippen LogP contribution in [-0.4, -0.2) is 31.8 Å². The quantitative estimate of drug-likeness (QED) is 0.874. The minimum absolute atomic E-state index is 0.131. The van der Waals surface area contributed by atoms with Crippen LogP contribution in [0.5, 0.6) is 0 Å². The molecule has 1 aromatic heterocycles. The molecule has 2 heterocycles. The second-order valence-corrected chi connectivity index (χ2v) is 6.03. The van der Waals surface area contributed by atoms with E-state index in [-0.39, 0.29) is 12.1 Å². The predicted molar refractivity (Wildman–Crippen MR) is 73.4 cm³/mol. The summed E-state index contributed by atoms with van der Waals surface area (Å²) in [6.45, 7) is 2.03. The number of amides is 2. The lowest BCUT2D eigenvalue weighted by Gasteiger charge is -2.11. The third kappa shape index (κ3) is 4.48. The molecular weight excluding hydrogens is 272 g/mol. The van der Waals surface area contributed by atoms with Crippen LogP contribution >= 0.6 is 22.9 Å². The highest BCUT2D eigenvalue weighted by Gasteiger charge is 2.15. The summed E-state index contributed by atoms with van der Waals surface area (Å²) in [6, 6.07) is 3.73. The van der Waals surface area contributed by atoms with Crippen LogP contribution in [0.1, 0.15) is 17.7 Å². The van der Waals surface area contributed by atoms with E-state index in [4.69, 9.17) is 16.3 Å². The lowest BCUT2D eigenvalue weighted by Crippen LogP contribution is -2.40. The molecule has 0 bridgehead atoms. The van der Waals surface area contributed by atoms with Crippen molar-refractivity contribution < 1.29 is 9.53 Å². The number of hydrogen-bond acceptors (Lipinski definition) is 3. The molecule has 2 N–H and O–H groups in total. The first-order valence-electron chi connectivity index (χ1n) is 6.11. The van der Waals surface area contributed by atoms with Crippen LogP contribution in [0, 0.1) is 0 Å². The van der Waals surface area contributed by atoms with Crippen LogP contribution in [0.15, 0.2) is 12.1 Å². The number of ether oxygens (including phenoxy) is 1. The zero-order valence-corrected chi connectivity index (χ0v) is 11.6. The average molecular weight is 289 g/mol. The van der Waals surface area contributed by atoms with Crippen LogP contribution < -0.4 is 10.6 Å². The van der Waals surface area contributed by atoms with Gasteiger partial charge in [-0.25, -0.2) is 4.79 Å². The molecule has 1 saturated heterocycles. The normalized spacial score (nSPS) is 18.8. The Morgan fingerprint density at radius 1 is 1.50 bits per heavy atom. The lowest BCUT2D eigenvalue weighted by molar-refractivity contribution is 0.111. The van der Waals surface area contributed by atoms with Gasteiger partial charge in [0.15, 0.2) is 0 Å². The summed E-state index contributed by atoms with van der Waals surface area (Å²) < 4.78 is 6.21. The highest BCUT2D eigenvalue weighted by atomic mass is 35.5. The molecule has 1 unspecified atom stereocenters. The Kier molecular flexibility index (Phi) is 5.28. The lowest BCUT2D eigenvalue weighted by atomic mass is 10.2. The van der Waals surface area contributed by atoms with Crippen LogP contribution in [0.25, 0.3) is 0 Å². The van der Waals surface area contributed by atoms with E-state index in [1.165, 1.54) is 4.88 Å². The van der Waals surface area contributed by atoms with Gasteiger partial charge in [-0.2, -0.15) is 0 Å². The zero-order chi connectivity index (χ0) is 12.8. The molecule has 0 aliphatic carbocycles. The maximum absolute atomic E-state index is 11.5. The van der Waals surface area contributed by atoms with Crippen LogP contribution in [0.4, 0.5) is 4.79 Å². The molecule has 100 valence electrons. The van der Waals surface area contributed by atoms with Crippen molar-refractivity contribution in [3.05, 3.63) is 21.3 Å². The number of thiophene rings is 1. The smallest absolute Gasteiger partial charge is 0.314 e. The minimum atomic E-state index is -0.131. The van der Waals surface area contributed by atoms with E-state index in [0.29, 0.717) is 13.1 Å². The standard InChI is InChI=1S/C12H17ClN2O2S/c13-11-4-3-10(18-11)5-6-14-12(16)15-8-9-2-1-7-17-9/h3-4,9H,1-2,5-8H2,(H2,14,15,16). The first-order chi connectivity index (χ1) is 8.74. The number of hydrogen-bond donors (Lipinski definition) is 2. The summed E-state index contributed by atoms with van der Waals surface area (Å²) in [7, 11) is 0. The Hall–Kier alpha value is -0.780. The molecule has 2 amide bonds. The molecule has 18 heavy (non-hydrogen) atoms. The van der Waals surface area contributed by atoms with Gasteiger partial charge in [0, 0.05) is 24.6 Å². The van der Waals surface area contributed by atoms with Gasteiger partial charge in [0.25, 0.3) is 0 Å². The van der Waals surface area contributed by atoms with Crippen molar-refractivity contribution in [1.82, 2.24) is 10.6 Å². The van der Waals surface area contributed by atoms with Gasteiger partial charge in [0.1, 0.15) is 0 Å². The Labute approximate surface area is 116 Å². The molecule has 0 radical (unpaired) electrons. The number of urea groups is 1. The number of rotatable bonds is 5. The number of carbonyl (C=O) groups excluding carboxylic acids is 1. The molecule has 1 fully saturated rings. The monoisotopic (exact) mass is 288 g/mol. The van der Waals surface area contributed by atoms with Gasteiger partial charge in [0.05, 0.1) is 10.4 Å². The van der Waals surface area contributed by atoms with Crippen molar-refractivity contribution >= 4 is 29.0 Å². The van der Waals surface area contributed by atoms with E-state index in [0.717, 1.165) is 30.2 Å². The molecule has 0 aromatic carbocycles. The minimum Gasteiger partial charge on any atom is -0.376 e. The molecule has 2 rings (SSSR count). The zero-order valence-electron chi connectivity index (χ0n) is 10.1. The Morgan fingerprint density at radius 2 is 2.39 bits per heavy atom. The van der Waals surface area contributed by atoms with E-state index in [1.807, 2.05) is 12.1 Å². The summed E-state index contributed by atoms with van der Waals surface area (Å²) in [6.07, 6.45) is 3.12. The van der Waals surface area contributed by atoms with Crippen molar-refractivity contribution in [2.75, 3.05) is 19.7 Å². The average Bonchev–Trinajstić information content (AvgIpc) is 2.98. The van der Waals surface area contributed by atoms with E-state index in [2.05, 4.69) is 10.6 Å². The highest BCUT2D eigenvalue weighted by molar-refractivity contribution is 7.16. The van der Waals surface area contributed by atoms with E-state index >= 15 is 0 Å². The number of halogens is 1. The molecular formula is C12H17ClN2O2S. The molecule has 0 saturated carbocycles. The fraction of sp³-hybridized carbons (Fsp3) is 0.583. The van der Waals surface area contributed by atoms with E-state index in [1.54, 1.807) is 11.3 Å². The molecule has 4 nitrogen and oxygen atoms in total. The summed E-state index contributed by atoms with van der Waals surface area (Å²) in [5.41, 5.74) is 0. The fourth-order valence-electron chi connectivity index (χ4n) is 1.86. The van der Waals surface area contributed by atoms with Crippen LogP contribution in [0.2, 0.25) is 4.34 Å². The number of carbonyl (C=O) groups is 1. The van der Waals surface area contributed by atoms with Crippen LogP contribution in [-0.2, 0) is 11.2 Å². The summed E-state index contributed by atoms with van der Waals surface area (Å²) in [5, 5.41) is 5.64. The largest absolute Gasteiger partial charge is 0.376 e. The third-order valence-corrected chi connectivity index (χ3v) is 4.09. The maximum Gasteiger partial charge on any atom is 0.314 e. The maximum atomic E-state index is 11.5. The Morgan fingerprint density at radius 3 is 3.06 bits per heavy atom. The molecule has 1 aliphatic rings. The Balaban J connectivity index is 1.57. The van der Waals surface area contributed by atoms with Gasteiger partial charge in [0.2, 0.25) is 0 Å². The summed E-state index contributed by atoms with van der Waals surface area (Å²) in [4.78, 5) is 12.7. The van der Waals surface area contributed by atoms with E-state index < -0.39 is 0 Å². The second-order valence-electron chi connectivity index (χ2n) is 4.23. The van der Waals surface area contributed by atoms with Gasteiger partial charge >= 0.3 is 6.03 Å². The summed E-state index contributed by atoms with van der Waals surface area (Å²) >= 11 is 7.38. The van der Waals surface area contributed by atoms with Gasteiger partial charge in [-0.15, -0.1) is 11.3 Å². The van der Waals surface area contributed by atoms with Crippen molar-refractivity contribution in [2.24, 2.45) is 0 Å². The first kappa shape index (κ1) is 13.6. The molecule has 1 aliphatic heterocycles. The van der Waals surface area contributed by atoms with Crippen molar-refractivity contribution in [3.8, 4) is 0 Å². The molecule has 1 atom stereocenters. The topological polar surface area (TPSA) is 50.4 Å². The van der Waals surface area contributed by atoms with E-state index in [9.17, 15) is 4.79 Å². The highest BCUT2D eigenvalue weighted by Crippen LogP contribution is 2.21. The molecule has 0 spiro atoms. The van der Waals surface area contributed by atoms with Gasteiger partial charge in [-0.3, -0.25) is 0 Å².